The quantitative estimate of drug-likeness (QED) is 0.604. The molecule has 0 N–H and O–H groups in total. The van der Waals surface area contributed by atoms with Crippen LogP contribution in [0.15, 0.2) is 71.9 Å². The monoisotopic (exact) mass is 427 g/mol. The molecule has 8 heteroatoms. The number of nitrogens with zero attached hydrogens (tertiary/aromatic N) is 3. The first-order valence-corrected chi connectivity index (χ1v) is 11.8. The Morgan fingerprint density at radius 2 is 1.90 bits per heavy atom. The molecule has 1 unspecified atom stereocenters. The van der Waals surface area contributed by atoms with Crippen molar-refractivity contribution < 1.29 is 13.2 Å². The van der Waals surface area contributed by atoms with Gasteiger partial charge in [0.15, 0.2) is 0 Å². The number of benzene rings is 1. The maximum atomic E-state index is 13.2. The summed E-state index contributed by atoms with van der Waals surface area (Å²) in [4.78, 5) is 18.8. The fourth-order valence-electron chi connectivity index (χ4n) is 3.34. The van der Waals surface area contributed by atoms with Crippen molar-refractivity contribution in [3.8, 4) is 0 Å². The van der Waals surface area contributed by atoms with Crippen LogP contribution in [0.2, 0.25) is 0 Å². The van der Waals surface area contributed by atoms with Gasteiger partial charge in [0.2, 0.25) is 5.91 Å². The Balaban J connectivity index is 1.62. The van der Waals surface area contributed by atoms with E-state index in [1.807, 2.05) is 25.1 Å². The molecule has 1 saturated heterocycles. The van der Waals surface area contributed by atoms with Gasteiger partial charge in [0.1, 0.15) is 5.37 Å². The lowest BCUT2D eigenvalue weighted by Crippen LogP contribution is -2.32. The Morgan fingerprint density at radius 3 is 2.62 bits per heavy atom. The SMILES string of the molecule is Cc1ccc(S(=O)(=O)n2cccc2C2SCC(=O)N2CCc2ccccn2)cc1. The van der Waals surface area contributed by atoms with Crippen LogP contribution in [-0.2, 0) is 21.2 Å². The highest BCUT2D eigenvalue weighted by atomic mass is 32.2. The van der Waals surface area contributed by atoms with Crippen LogP contribution in [0.4, 0.5) is 0 Å². The summed E-state index contributed by atoms with van der Waals surface area (Å²) < 4.78 is 27.7. The molecule has 0 aliphatic carbocycles. The molecule has 1 aliphatic heterocycles. The lowest BCUT2D eigenvalue weighted by atomic mass is 10.2. The summed E-state index contributed by atoms with van der Waals surface area (Å²) in [6, 6.07) is 16.0. The zero-order chi connectivity index (χ0) is 20.4. The van der Waals surface area contributed by atoms with E-state index in [1.165, 1.54) is 15.7 Å². The molecule has 3 heterocycles. The van der Waals surface area contributed by atoms with Crippen molar-refractivity contribution in [3.63, 3.8) is 0 Å². The lowest BCUT2D eigenvalue weighted by Gasteiger charge is -2.25. The summed E-state index contributed by atoms with van der Waals surface area (Å²) >= 11 is 1.45. The van der Waals surface area contributed by atoms with Crippen LogP contribution in [-0.4, -0.2) is 40.5 Å². The van der Waals surface area contributed by atoms with Crippen molar-refractivity contribution in [1.82, 2.24) is 13.9 Å². The van der Waals surface area contributed by atoms with E-state index < -0.39 is 10.0 Å². The molecule has 1 amide bonds. The van der Waals surface area contributed by atoms with Crippen LogP contribution in [0.5, 0.6) is 0 Å². The number of amides is 1. The fourth-order valence-corrected chi connectivity index (χ4v) is 6.01. The number of hydrogen-bond acceptors (Lipinski definition) is 5. The van der Waals surface area contributed by atoms with Crippen molar-refractivity contribution in [2.24, 2.45) is 0 Å². The Morgan fingerprint density at radius 1 is 1.10 bits per heavy atom. The molecule has 0 saturated carbocycles. The van der Waals surface area contributed by atoms with Gasteiger partial charge in [0.25, 0.3) is 10.0 Å². The Kier molecular flexibility index (Phi) is 5.47. The lowest BCUT2D eigenvalue weighted by molar-refractivity contribution is -0.128. The largest absolute Gasteiger partial charge is 0.324 e. The second-order valence-electron chi connectivity index (χ2n) is 6.87. The van der Waals surface area contributed by atoms with Gasteiger partial charge in [-0.2, -0.15) is 0 Å². The second-order valence-corrected chi connectivity index (χ2v) is 9.75. The van der Waals surface area contributed by atoms with Gasteiger partial charge < -0.3 is 4.90 Å². The van der Waals surface area contributed by atoms with Gasteiger partial charge in [0.05, 0.1) is 16.3 Å². The number of rotatable bonds is 6. The average molecular weight is 428 g/mol. The first-order valence-electron chi connectivity index (χ1n) is 9.27. The second kappa shape index (κ2) is 8.04. The average Bonchev–Trinajstić information content (AvgIpc) is 3.34. The van der Waals surface area contributed by atoms with E-state index in [4.69, 9.17) is 0 Å². The number of carbonyl (C=O) groups is 1. The summed E-state index contributed by atoms with van der Waals surface area (Å²) in [5.74, 6) is 0.347. The summed E-state index contributed by atoms with van der Waals surface area (Å²) in [7, 11) is -3.74. The number of thioether (sulfide) groups is 1. The zero-order valence-electron chi connectivity index (χ0n) is 15.9. The summed E-state index contributed by atoms with van der Waals surface area (Å²) in [5, 5.41) is -0.346. The Hall–Kier alpha value is -2.58. The molecule has 1 fully saturated rings. The fraction of sp³-hybridized carbons (Fsp3) is 0.238. The van der Waals surface area contributed by atoms with Gasteiger partial charge >= 0.3 is 0 Å². The van der Waals surface area contributed by atoms with E-state index in [-0.39, 0.29) is 16.2 Å². The number of aromatic nitrogens is 2. The van der Waals surface area contributed by atoms with Crippen LogP contribution in [0.25, 0.3) is 0 Å². The Labute approximate surface area is 174 Å². The smallest absolute Gasteiger partial charge is 0.267 e. The van der Waals surface area contributed by atoms with E-state index in [0.717, 1.165) is 11.3 Å². The minimum atomic E-state index is -3.74. The van der Waals surface area contributed by atoms with Crippen LogP contribution in [0, 0.1) is 6.92 Å². The minimum absolute atomic E-state index is 0.0106. The molecule has 1 aliphatic rings. The van der Waals surface area contributed by atoms with Crippen molar-refractivity contribution in [2.45, 2.75) is 23.6 Å². The topological polar surface area (TPSA) is 72.3 Å². The van der Waals surface area contributed by atoms with Crippen LogP contribution >= 0.6 is 11.8 Å². The highest BCUT2D eigenvalue weighted by Crippen LogP contribution is 2.39. The maximum absolute atomic E-state index is 13.2. The third kappa shape index (κ3) is 3.95. The van der Waals surface area contributed by atoms with Gasteiger partial charge in [-0.15, -0.1) is 11.8 Å². The third-order valence-corrected chi connectivity index (χ3v) is 7.82. The molecule has 1 aromatic carbocycles. The molecule has 29 heavy (non-hydrogen) atoms. The highest BCUT2D eigenvalue weighted by molar-refractivity contribution is 8.00. The van der Waals surface area contributed by atoms with Gasteiger partial charge in [-0.25, -0.2) is 12.4 Å². The molecule has 150 valence electrons. The first-order chi connectivity index (χ1) is 14.0. The molecule has 3 aromatic rings. The van der Waals surface area contributed by atoms with E-state index in [1.54, 1.807) is 53.7 Å². The normalized spacial score (nSPS) is 17.1. The van der Waals surface area contributed by atoms with Gasteiger partial charge in [-0.05, 0) is 43.3 Å². The molecule has 6 nitrogen and oxygen atoms in total. The summed E-state index contributed by atoms with van der Waals surface area (Å²) in [6.07, 6.45) is 3.90. The molecule has 0 bridgehead atoms. The van der Waals surface area contributed by atoms with E-state index in [9.17, 15) is 13.2 Å². The van der Waals surface area contributed by atoms with E-state index >= 15 is 0 Å². The van der Waals surface area contributed by atoms with Gasteiger partial charge in [-0.3, -0.25) is 9.78 Å². The van der Waals surface area contributed by atoms with Gasteiger partial charge in [-0.1, -0.05) is 23.8 Å². The van der Waals surface area contributed by atoms with Crippen LogP contribution in [0.3, 0.4) is 0 Å². The third-order valence-electron chi connectivity index (χ3n) is 4.88. The predicted octanol–water partition coefficient (Wildman–Crippen LogP) is 3.25. The van der Waals surface area contributed by atoms with Crippen molar-refractivity contribution in [2.75, 3.05) is 12.3 Å². The van der Waals surface area contributed by atoms with Crippen molar-refractivity contribution in [1.29, 1.82) is 0 Å². The zero-order valence-corrected chi connectivity index (χ0v) is 17.6. The first kappa shape index (κ1) is 19.7. The molecule has 2 aromatic heterocycles. The number of hydrogen-bond donors (Lipinski definition) is 0. The molecule has 1 atom stereocenters. The molecule has 4 rings (SSSR count). The standard InChI is InChI=1S/C21H21N3O3S2/c1-16-7-9-18(10-8-16)29(26,27)24-13-4-6-19(24)21-23(20(25)15-28-21)14-11-17-5-2-3-12-22-17/h2-10,12-13,21H,11,14-15H2,1H3. The molecule has 0 spiro atoms. The molecular formula is C21H21N3O3S2. The summed E-state index contributed by atoms with van der Waals surface area (Å²) in [5.41, 5.74) is 2.48. The van der Waals surface area contributed by atoms with Crippen LogP contribution < -0.4 is 0 Å². The number of aryl methyl sites for hydroxylation is 1. The molecular weight excluding hydrogens is 406 g/mol. The van der Waals surface area contributed by atoms with E-state index in [0.29, 0.717) is 24.4 Å². The number of carbonyl (C=O) groups excluding carboxylic acids is 1. The molecule has 0 radical (unpaired) electrons. The maximum Gasteiger partial charge on any atom is 0.267 e. The van der Waals surface area contributed by atoms with E-state index in [2.05, 4.69) is 4.98 Å². The van der Waals surface area contributed by atoms with Crippen molar-refractivity contribution >= 4 is 27.7 Å². The van der Waals surface area contributed by atoms with Crippen molar-refractivity contribution in [3.05, 3.63) is 83.9 Å². The minimum Gasteiger partial charge on any atom is -0.324 e. The van der Waals surface area contributed by atoms with Gasteiger partial charge in [0, 0.05) is 31.1 Å². The Bertz CT molecular complexity index is 1110. The number of pyridine rings is 1. The summed E-state index contributed by atoms with van der Waals surface area (Å²) in [6.45, 7) is 2.40. The highest BCUT2D eigenvalue weighted by Gasteiger charge is 2.36. The van der Waals surface area contributed by atoms with Crippen LogP contribution in [0.1, 0.15) is 22.3 Å². The predicted molar refractivity (Wildman–Crippen MR) is 113 cm³/mol.